The fraction of sp³-hybridized carbons (Fsp3) is 1.00. The van der Waals surface area contributed by atoms with Crippen LogP contribution in [0.4, 0.5) is 0 Å². The van der Waals surface area contributed by atoms with Gasteiger partial charge in [0, 0.05) is 25.2 Å². The molecule has 2 saturated heterocycles. The van der Waals surface area contributed by atoms with Crippen molar-refractivity contribution in [3.8, 4) is 0 Å². The van der Waals surface area contributed by atoms with E-state index >= 15 is 0 Å². The summed E-state index contributed by atoms with van der Waals surface area (Å²) in [5.74, 6) is 0.639. The number of sulfonamides is 1. The molecule has 2 bridgehead atoms. The Hall–Kier alpha value is 0.160. The van der Waals surface area contributed by atoms with Crippen molar-refractivity contribution >= 4 is 22.4 Å². The van der Waals surface area contributed by atoms with Gasteiger partial charge in [-0.05, 0) is 25.2 Å². The van der Waals surface area contributed by atoms with Gasteiger partial charge in [-0.2, -0.15) is 0 Å². The SMILES string of the molecule is CCC(CC)CS(=O)(=O)N1CCC2CCC(C1)N2.Cl. The third-order valence-electron chi connectivity index (χ3n) is 4.48. The molecule has 0 aromatic heterocycles. The molecule has 2 fully saturated rings. The van der Waals surface area contributed by atoms with Gasteiger partial charge < -0.3 is 5.32 Å². The predicted octanol–water partition coefficient (Wildman–Crippen LogP) is 2.00. The van der Waals surface area contributed by atoms with Crippen LogP contribution in [0.2, 0.25) is 0 Å². The van der Waals surface area contributed by atoms with Crippen LogP contribution in [0.25, 0.3) is 0 Å². The first-order chi connectivity index (χ1) is 8.55. The zero-order valence-corrected chi connectivity index (χ0v) is 13.6. The van der Waals surface area contributed by atoms with Crippen LogP contribution in [0.5, 0.6) is 0 Å². The lowest BCUT2D eigenvalue weighted by Crippen LogP contribution is -2.41. The zero-order valence-electron chi connectivity index (χ0n) is 12.0. The van der Waals surface area contributed by atoms with E-state index in [1.165, 1.54) is 6.42 Å². The average molecular weight is 311 g/mol. The minimum atomic E-state index is -3.06. The Balaban J connectivity index is 0.00000180. The van der Waals surface area contributed by atoms with Crippen molar-refractivity contribution in [3.05, 3.63) is 0 Å². The van der Waals surface area contributed by atoms with Gasteiger partial charge in [0.25, 0.3) is 0 Å². The van der Waals surface area contributed by atoms with Crippen molar-refractivity contribution in [2.45, 2.75) is 58.0 Å². The second-order valence-corrected chi connectivity index (χ2v) is 7.76. The van der Waals surface area contributed by atoms with Crippen LogP contribution < -0.4 is 5.32 Å². The molecule has 0 aromatic rings. The lowest BCUT2D eigenvalue weighted by atomic mass is 10.1. The molecule has 19 heavy (non-hydrogen) atoms. The third kappa shape index (κ3) is 4.31. The average Bonchev–Trinajstić information content (AvgIpc) is 2.65. The summed E-state index contributed by atoms with van der Waals surface area (Å²) in [5.41, 5.74) is 0. The maximum Gasteiger partial charge on any atom is 0.214 e. The molecule has 0 radical (unpaired) electrons. The second kappa shape index (κ2) is 7.25. The van der Waals surface area contributed by atoms with Crippen LogP contribution >= 0.6 is 12.4 Å². The number of hydrogen-bond acceptors (Lipinski definition) is 3. The quantitative estimate of drug-likeness (QED) is 0.845. The van der Waals surface area contributed by atoms with Gasteiger partial charge in [0.2, 0.25) is 10.0 Å². The number of rotatable bonds is 5. The lowest BCUT2D eigenvalue weighted by molar-refractivity contribution is 0.376. The summed E-state index contributed by atoms with van der Waals surface area (Å²) in [5, 5.41) is 3.53. The lowest BCUT2D eigenvalue weighted by Gasteiger charge is -2.25. The molecular weight excluding hydrogens is 284 g/mol. The van der Waals surface area contributed by atoms with Crippen molar-refractivity contribution in [3.63, 3.8) is 0 Å². The fourth-order valence-electron chi connectivity index (χ4n) is 3.09. The highest BCUT2D eigenvalue weighted by Crippen LogP contribution is 2.23. The normalized spacial score (nSPS) is 28.2. The van der Waals surface area contributed by atoms with Crippen LogP contribution in [0, 0.1) is 5.92 Å². The highest BCUT2D eigenvalue weighted by Gasteiger charge is 2.34. The molecule has 0 spiro atoms. The summed E-state index contributed by atoms with van der Waals surface area (Å²) in [4.78, 5) is 0. The van der Waals surface area contributed by atoms with E-state index in [0.29, 0.717) is 36.8 Å². The van der Waals surface area contributed by atoms with E-state index < -0.39 is 10.0 Å². The van der Waals surface area contributed by atoms with E-state index in [1.54, 1.807) is 4.31 Å². The van der Waals surface area contributed by atoms with Crippen LogP contribution in [-0.2, 0) is 10.0 Å². The summed E-state index contributed by atoms with van der Waals surface area (Å²) >= 11 is 0. The number of hydrogen-bond donors (Lipinski definition) is 1. The van der Waals surface area contributed by atoms with Gasteiger partial charge in [-0.25, -0.2) is 12.7 Å². The molecule has 2 atom stereocenters. The molecule has 1 N–H and O–H groups in total. The van der Waals surface area contributed by atoms with Crippen LogP contribution in [0.15, 0.2) is 0 Å². The predicted molar refractivity (Wildman–Crippen MR) is 81.2 cm³/mol. The summed E-state index contributed by atoms with van der Waals surface area (Å²) in [7, 11) is -3.06. The first kappa shape index (κ1) is 17.2. The molecule has 0 saturated carbocycles. The standard InChI is InChI=1S/C13H26N2O2S.ClH/c1-3-11(4-2)10-18(16,17)15-8-7-12-5-6-13(9-15)14-12;/h11-14H,3-10H2,1-2H3;1H. The van der Waals surface area contributed by atoms with Crippen molar-refractivity contribution in [2.24, 2.45) is 5.92 Å². The van der Waals surface area contributed by atoms with Gasteiger partial charge >= 0.3 is 0 Å². The minimum Gasteiger partial charge on any atom is -0.310 e. The first-order valence-electron chi connectivity index (χ1n) is 7.29. The van der Waals surface area contributed by atoms with Crippen LogP contribution in [-0.4, -0.2) is 43.6 Å². The summed E-state index contributed by atoms with van der Waals surface area (Å²) in [6, 6.07) is 0.928. The highest BCUT2D eigenvalue weighted by molar-refractivity contribution is 7.89. The number of fused-ring (bicyclic) bond motifs is 2. The minimum absolute atomic E-state index is 0. The molecule has 2 aliphatic heterocycles. The van der Waals surface area contributed by atoms with Gasteiger partial charge in [-0.1, -0.05) is 26.7 Å². The first-order valence-corrected chi connectivity index (χ1v) is 8.90. The Kier molecular flexibility index (Phi) is 6.57. The number of halogens is 1. The van der Waals surface area contributed by atoms with E-state index in [-0.39, 0.29) is 12.4 Å². The van der Waals surface area contributed by atoms with Crippen LogP contribution in [0.1, 0.15) is 46.0 Å². The van der Waals surface area contributed by atoms with Gasteiger partial charge in [0.05, 0.1) is 5.75 Å². The van der Waals surface area contributed by atoms with Crippen molar-refractivity contribution in [2.75, 3.05) is 18.8 Å². The van der Waals surface area contributed by atoms with Crippen molar-refractivity contribution in [1.82, 2.24) is 9.62 Å². The summed E-state index contributed by atoms with van der Waals surface area (Å²) < 4.78 is 26.6. The summed E-state index contributed by atoms with van der Waals surface area (Å²) in [6.07, 6.45) is 5.22. The van der Waals surface area contributed by atoms with E-state index in [4.69, 9.17) is 0 Å². The van der Waals surface area contributed by atoms with Gasteiger partial charge in [-0.3, -0.25) is 0 Å². The molecule has 6 heteroatoms. The Bertz CT molecular complexity index is 371. The molecule has 0 aliphatic carbocycles. The Morgan fingerprint density at radius 1 is 1.16 bits per heavy atom. The molecule has 0 aromatic carbocycles. The van der Waals surface area contributed by atoms with Crippen molar-refractivity contribution in [1.29, 1.82) is 0 Å². The number of nitrogens with zero attached hydrogens (tertiary/aromatic N) is 1. The Morgan fingerprint density at radius 3 is 2.42 bits per heavy atom. The van der Waals surface area contributed by atoms with E-state index in [0.717, 1.165) is 25.7 Å². The fourth-order valence-corrected chi connectivity index (χ4v) is 5.16. The van der Waals surface area contributed by atoms with E-state index in [9.17, 15) is 8.42 Å². The second-order valence-electron chi connectivity index (χ2n) is 5.75. The molecule has 2 rings (SSSR count). The third-order valence-corrected chi connectivity index (χ3v) is 6.49. The smallest absolute Gasteiger partial charge is 0.214 e. The molecule has 2 unspecified atom stereocenters. The Labute approximate surface area is 123 Å². The summed E-state index contributed by atoms with van der Waals surface area (Å²) in [6.45, 7) is 5.54. The molecule has 0 amide bonds. The van der Waals surface area contributed by atoms with Gasteiger partial charge in [0.1, 0.15) is 0 Å². The maximum atomic E-state index is 12.4. The van der Waals surface area contributed by atoms with Crippen molar-refractivity contribution < 1.29 is 8.42 Å². The van der Waals surface area contributed by atoms with E-state index in [1.807, 2.05) is 0 Å². The highest BCUT2D eigenvalue weighted by atomic mass is 35.5. The molecule has 2 aliphatic rings. The topological polar surface area (TPSA) is 49.4 Å². The van der Waals surface area contributed by atoms with E-state index in [2.05, 4.69) is 19.2 Å². The molecule has 2 heterocycles. The molecular formula is C13H27ClN2O2S. The zero-order chi connectivity index (χ0) is 13.2. The van der Waals surface area contributed by atoms with Gasteiger partial charge in [-0.15, -0.1) is 12.4 Å². The van der Waals surface area contributed by atoms with Crippen LogP contribution in [0.3, 0.4) is 0 Å². The van der Waals surface area contributed by atoms with Gasteiger partial charge in [0.15, 0.2) is 0 Å². The number of nitrogens with one attached hydrogen (secondary N) is 1. The molecule has 114 valence electrons. The maximum absolute atomic E-state index is 12.4. The Morgan fingerprint density at radius 2 is 1.79 bits per heavy atom. The largest absolute Gasteiger partial charge is 0.310 e. The monoisotopic (exact) mass is 310 g/mol. The molecule has 4 nitrogen and oxygen atoms in total.